The molecule has 0 radical (unpaired) electrons. The number of carbonyl (C=O) groups is 2. The van der Waals surface area contributed by atoms with Crippen molar-refractivity contribution in [1.29, 1.82) is 0 Å². The number of allylic oxidation sites excluding steroid dienone is 1. The third-order valence-corrected chi connectivity index (χ3v) is 4.82. The molecule has 1 atom stereocenters. The number of esters is 1. The number of nitrogens with one attached hydrogen (secondary N) is 1. The molecule has 25 heavy (non-hydrogen) atoms. The van der Waals surface area contributed by atoms with Crippen LogP contribution in [0.1, 0.15) is 64.7 Å². The molecular formula is C19H27N3O3. The predicted octanol–water partition coefficient (Wildman–Crippen LogP) is 3.28. The van der Waals surface area contributed by atoms with Crippen molar-refractivity contribution in [3.8, 4) is 12.3 Å². The van der Waals surface area contributed by atoms with E-state index in [9.17, 15) is 9.59 Å². The van der Waals surface area contributed by atoms with Crippen molar-refractivity contribution in [2.75, 3.05) is 7.11 Å². The molecule has 0 bridgehead atoms. The second-order valence-corrected chi connectivity index (χ2v) is 7.04. The fourth-order valence-electron chi connectivity index (χ4n) is 3.26. The SMILES string of the molecule is C#CCCC1(CCC(=O)NC(C)(CC2=CCCCC2)C(=O)OC)N=N1. The average molecular weight is 345 g/mol. The Kier molecular flexibility index (Phi) is 6.35. The van der Waals surface area contributed by atoms with Crippen LogP contribution in [0.4, 0.5) is 0 Å². The Bertz CT molecular complexity index is 612. The van der Waals surface area contributed by atoms with E-state index in [0.29, 0.717) is 25.7 Å². The summed E-state index contributed by atoms with van der Waals surface area (Å²) in [5.41, 5.74) is -0.326. The topological polar surface area (TPSA) is 80.1 Å². The molecule has 6 nitrogen and oxygen atoms in total. The van der Waals surface area contributed by atoms with E-state index in [0.717, 1.165) is 19.3 Å². The number of carbonyl (C=O) groups excluding carboxylic acids is 2. The zero-order chi connectivity index (χ0) is 18.3. The van der Waals surface area contributed by atoms with Crippen molar-refractivity contribution in [2.24, 2.45) is 10.2 Å². The first-order valence-electron chi connectivity index (χ1n) is 8.88. The Morgan fingerprint density at radius 1 is 1.40 bits per heavy atom. The molecule has 1 aliphatic heterocycles. The molecule has 2 rings (SSSR count). The highest BCUT2D eigenvalue weighted by Crippen LogP contribution is 2.37. The van der Waals surface area contributed by atoms with Crippen LogP contribution in [-0.2, 0) is 14.3 Å². The van der Waals surface area contributed by atoms with Crippen molar-refractivity contribution >= 4 is 11.9 Å². The Labute approximate surface area is 149 Å². The van der Waals surface area contributed by atoms with Gasteiger partial charge in [0.25, 0.3) is 0 Å². The van der Waals surface area contributed by atoms with E-state index in [-0.39, 0.29) is 12.3 Å². The van der Waals surface area contributed by atoms with Gasteiger partial charge in [-0.1, -0.05) is 11.6 Å². The zero-order valence-corrected chi connectivity index (χ0v) is 15.1. The van der Waals surface area contributed by atoms with Gasteiger partial charge in [-0.25, -0.2) is 4.79 Å². The fourth-order valence-corrected chi connectivity index (χ4v) is 3.26. The van der Waals surface area contributed by atoms with Crippen LogP contribution in [0, 0.1) is 12.3 Å². The Balaban J connectivity index is 1.92. The number of hydrogen-bond donors (Lipinski definition) is 1. The van der Waals surface area contributed by atoms with Crippen molar-refractivity contribution in [3.63, 3.8) is 0 Å². The molecular weight excluding hydrogens is 318 g/mol. The summed E-state index contributed by atoms with van der Waals surface area (Å²) in [6, 6.07) is 0. The fraction of sp³-hybridized carbons (Fsp3) is 0.684. The number of hydrogen-bond acceptors (Lipinski definition) is 5. The van der Waals surface area contributed by atoms with E-state index in [1.54, 1.807) is 6.92 Å². The minimum absolute atomic E-state index is 0.193. The first-order valence-corrected chi connectivity index (χ1v) is 8.88. The number of rotatable bonds is 9. The van der Waals surface area contributed by atoms with Crippen LogP contribution >= 0.6 is 0 Å². The molecule has 1 heterocycles. The zero-order valence-electron chi connectivity index (χ0n) is 15.1. The van der Waals surface area contributed by atoms with E-state index in [4.69, 9.17) is 11.2 Å². The second-order valence-electron chi connectivity index (χ2n) is 7.04. The third kappa shape index (κ3) is 5.42. The van der Waals surface area contributed by atoms with Gasteiger partial charge in [-0.05, 0) is 32.6 Å². The summed E-state index contributed by atoms with van der Waals surface area (Å²) in [6.07, 6.45) is 14.2. The molecule has 0 saturated carbocycles. The molecule has 0 aromatic heterocycles. The molecule has 1 N–H and O–H groups in total. The summed E-state index contributed by atoms with van der Waals surface area (Å²) >= 11 is 0. The highest BCUT2D eigenvalue weighted by molar-refractivity contribution is 5.88. The number of terminal acetylenes is 1. The van der Waals surface area contributed by atoms with E-state index < -0.39 is 17.2 Å². The minimum Gasteiger partial charge on any atom is -0.467 e. The third-order valence-electron chi connectivity index (χ3n) is 4.82. The van der Waals surface area contributed by atoms with Gasteiger partial charge < -0.3 is 10.1 Å². The quantitative estimate of drug-likeness (QED) is 0.395. The molecule has 0 aromatic carbocycles. The van der Waals surface area contributed by atoms with Gasteiger partial charge in [-0.2, -0.15) is 10.2 Å². The molecule has 6 heteroatoms. The van der Waals surface area contributed by atoms with Gasteiger partial charge >= 0.3 is 5.97 Å². The lowest BCUT2D eigenvalue weighted by atomic mass is 9.87. The summed E-state index contributed by atoms with van der Waals surface area (Å²) in [4.78, 5) is 24.7. The predicted molar refractivity (Wildman–Crippen MR) is 94.6 cm³/mol. The van der Waals surface area contributed by atoms with E-state index >= 15 is 0 Å². The monoisotopic (exact) mass is 345 g/mol. The summed E-state index contributed by atoms with van der Waals surface area (Å²) in [7, 11) is 1.35. The van der Waals surface area contributed by atoms with E-state index in [2.05, 4.69) is 27.5 Å². The number of methoxy groups -OCH3 is 1. The molecule has 1 unspecified atom stereocenters. The first-order chi connectivity index (χ1) is 11.9. The van der Waals surface area contributed by atoms with Crippen molar-refractivity contribution in [1.82, 2.24) is 5.32 Å². The Hall–Kier alpha value is -2.16. The van der Waals surface area contributed by atoms with Crippen LogP contribution in [-0.4, -0.2) is 30.2 Å². The highest BCUT2D eigenvalue weighted by atomic mass is 16.5. The Morgan fingerprint density at radius 2 is 2.16 bits per heavy atom. The van der Waals surface area contributed by atoms with Crippen LogP contribution in [0.25, 0.3) is 0 Å². The van der Waals surface area contributed by atoms with Crippen LogP contribution in [0.2, 0.25) is 0 Å². The maximum atomic E-state index is 12.4. The van der Waals surface area contributed by atoms with Gasteiger partial charge in [0, 0.05) is 32.1 Å². The summed E-state index contributed by atoms with van der Waals surface area (Å²) in [5.74, 6) is 1.96. The van der Waals surface area contributed by atoms with Crippen LogP contribution in [0.3, 0.4) is 0 Å². The Morgan fingerprint density at radius 3 is 2.72 bits per heavy atom. The average Bonchev–Trinajstić information content (AvgIpc) is 3.38. The molecule has 136 valence electrons. The largest absolute Gasteiger partial charge is 0.467 e. The number of nitrogens with zero attached hydrogens (tertiary/aromatic N) is 2. The van der Waals surface area contributed by atoms with Gasteiger partial charge in [-0.3, -0.25) is 4.79 Å². The van der Waals surface area contributed by atoms with Crippen LogP contribution in [0.15, 0.2) is 21.9 Å². The lowest BCUT2D eigenvalue weighted by molar-refractivity contribution is -0.150. The first kappa shape index (κ1) is 19.2. The highest BCUT2D eigenvalue weighted by Gasteiger charge is 2.41. The standard InChI is InChI=1S/C19H27N3O3/c1-4-5-12-19(21-22-19)13-11-16(23)20-18(2,17(24)25-3)14-15-9-7-6-8-10-15/h1,9H,5-8,10-14H2,2-3H3,(H,20,23). The summed E-state index contributed by atoms with van der Waals surface area (Å²) in [6.45, 7) is 1.73. The normalized spacial score (nSPS) is 20.0. The summed E-state index contributed by atoms with van der Waals surface area (Å²) < 4.78 is 4.93. The lowest BCUT2D eigenvalue weighted by Crippen LogP contribution is -2.53. The van der Waals surface area contributed by atoms with Gasteiger partial charge in [-0.15, -0.1) is 12.3 Å². The van der Waals surface area contributed by atoms with Crippen LogP contribution < -0.4 is 5.32 Å². The molecule has 0 saturated heterocycles. The van der Waals surface area contributed by atoms with Gasteiger partial charge in [0.2, 0.25) is 5.91 Å². The van der Waals surface area contributed by atoms with E-state index in [1.165, 1.54) is 19.1 Å². The smallest absolute Gasteiger partial charge is 0.331 e. The molecule has 1 amide bonds. The van der Waals surface area contributed by atoms with Crippen LogP contribution in [0.5, 0.6) is 0 Å². The van der Waals surface area contributed by atoms with Crippen molar-refractivity contribution in [2.45, 2.75) is 75.9 Å². The van der Waals surface area contributed by atoms with Gasteiger partial charge in [0.05, 0.1) is 7.11 Å². The van der Waals surface area contributed by atoms with Crippen molar-refractivity contribution in [3.05, 3.63) is 11.6 Å². The number of amides is 1. The second kappa shape index (κ2) is 8.28. The molecule has 0 spiro atoms. The minimum atomic E-state index is -1.04. The van der Waals surface area contributed by atoms with Gasteiger partial charge in [0.1, 0.15) is 5.54 Å². The molecule has 0 aromatic rings. The molecule has 0 fully saturated rings. The van der Waals surface area contributed by atoms with Crippen molar-refractivity contribution < 1.29 is 14.3 Å². The maximum Gasteiger partial charge on any atom is 0.331 e. The molecule has 2 aliphatic rings. The summed E-state index contributed by atoms with van der Waals surface area (Å²) in [5, 5.41) is 10.9. The maximum absolute atomic E-state index is 12.4. The lowest BCUT2D eigenvalue weighted by Gasteiger charge is -2.30. The van der Waals surface area contributed by atoms with Gasteiger partial charge in [0.15, 0.2) is 5.66 Å². The number of ether oxygens (including phenoxy) is 1. The van der Waals surface area contributed by atoms with E-state index in [1.807, 2.05) is 0 Å². The molecule has 1 aliphatic carbocycles.